The minimum atomic E-state index is -2.93. The van der Waals surface area contributed by atoms with Crippen molar-refractivity contribution >= 4 is 12.0 Å². The largest absolute Gasteiger partial charge is 0.493 e. The number of nitrogens with zero attached hydrogens (tertiary/aromatic N) is 1. The Balaban J connectivity index is 1.54. The van der Waals surface area contributed by atoms with Crippen molar-refractivity contribution in [3.05, 3.63) is 65.7 Å². The Morgan fingerprint density at radius 3 is 2.67 bits per heavy atom. The number of carbonyl (C=O) groups excluding carboxylic acids is 1. The Morgan fingerprint density at radius 1 is 1.20 bits per heavy atom. The van der Waals surface area contributed by atoms with E-state index in [-0.39, 0.29) is 23.4 Å². The Bertz CT molecular complexity index is 874. The minimum Gasteiger partial charge on any atom is -0.493 e. The van der Waals surface area contributed by atoms with Gasteiger partial charge < -0.3 is 14.8 Å². The lowest BCUT2D eigenvalue weighted by molar-refractivity contribution is -0.117. The highest BCUT2D eigenvalue weighted by molar-refractivity contribution is 5.92. The molecule has 0 saturated carbocycles. The normalized spacial score (nSPS) is 18.0. The molecule has 0 radical (unpaired) electrons. The zero-order valence-electron chi connectivity index (χ0n) is 17.1. The lowest BCUT2D eigenvalue weighted by Crippen LogP contribution is -2.36. The number of likely N-dealkylation sites (tertiary alicyclic amines) is 1. The topological polar surface area (TPSA) is 50.8 Å². The molecule has 1 N–H and O–H groups in total. The van der Waals surface area contributed by atoms with Gasteiger partial charge in [0.15, 0.2) is 11.5 Å². The molecule has 1 saturated heterocycles. The second-order valence-electron chi connectivity index (χ2n) is 7.20. The number of hydrogen-bond acceptors (Lipinski definition) is 4. The van der Waals surface area contributed by atoms with Crippen LogP contribution in [-0.4, -0.2) is 43.7 Å². The first-order chi connectivity index (χ1) is 14.5. The lowest BCUT2D eigenvalue weighted by atomic mass is 10.1. The number of halogens is 2. The second-order valence-corrected chi connectivity index (χ2v) is 7.20. The predicted molar refractivity (Wildman–Crippen MR) is 112 cm³/mol. The van der Waals surface area contributed by atoms with Gasteiger partial charge in [-0.15, -0.1) is 0 Å². The number of nitrogens with one attached hydrogen (secondary N) is 1. The molecular formula is C23H26F2N2O3. The van der Waals surface area contributed by atoms with Crippen LogP contribution in [0.25, 0.3) is 6.08 Å². The van der Waals surface area contributed by atoms with Gasteiger partial charge in [0.05, 0.1) is 7.11 Å². The average Bonchev–Trinajstić information content (AvgIpc) is 3.21. The van der Waals surface area contributed by atoms with Crippen molar-refractivity contribution in [2.24, 2.45) is 0 Å². The zero-order chi connectivity index (χ0) is 21.5. The number of benzene rings is 2. The molecule has 5 nitrogen and oxygen atoms in total. The molecule has 2 aromatic rings. The molecule has 2 aromatic carbocycles. The number of rotatable bonds is 8. The van der Waals surface area contributed by atoms with Crippen LogP contribution in [0.15, 0.2) is 54.6 Å². The molecule has 7 heteroatoms. The standard InChI is InChI=1S/C23H26F2N2O3/c1-16(18-6-4-3-5-7-18)27-13-12-19(15-27)26-22(28)11-9-17-8-10-20(30-23(24)25)21(14-17)29-2/h3-11,14,16,19,23H,12-13,15H2,1-2H3,(H,26,28)/b11-9+. The summed E-state index contributed by atoms with van der Waals surface area (Å²) in [6.45, 7) is 0.965. The van der Waals surface area contributed by atoms with Crippen LogP contribution in [0, 0.1) is 0 Å². The van der Waals surface area contributed by atoms with Crippen LogP contribution in [0.1, 0.15) is 30.5 Å². The van der Waals surface area contributed by atoms with Crippen molar-refractivity contribution in [2.75, 3.05) is 20.2 Å². The third kappa shape index (κ3) is 5.79. The molecule has 0 aliphatic carbocycles. The highest BCUT2D eigenvalue weighted by Crippen LogP contribution is 2.30. The number of carbonyl (C=O) groups is 1. The monoisotopic (exact) mass is 416 g/mol. The molecule has 160 valence electrons. The maximum absolute atomic E-state index is 12.4. The van der Waals surface area contributed by atoms with Crippen LogP contribution in [-0.2, 0) is 4.79 Å². The molecule has 1 aliphatic rings. The number of ether oxygens (including phenoxy) is 2. The molecule has 2 unspecified atom stereocenters. The Hall–Kier alpha value is -2.93. The van der Waals surface area contributed by atoms with Gasteiger partial charge in [-0.25, -0.2) is 0 Å². The summed E-state index contributed by atoms with van der Waals surface area (Å²) in [7, 11) is 1.37. The van der Waals surface area contributed by atoms with Gasteiger partial charge in [0, 0.05) is 31.2 Å². The quantitative estimate of drug-likeness (QED) is 0.654. The number of amides is 1. The summed E-state index contributed by atoms with van der Waals surface area (Å²) < 4.78 is 34.3. The molecular weight excluding hydrogens is 390 g/mol. The van der Waals surface area contributed by atoms with Gasteiger partial charge in [-0.3, -0.25) is 9.69 Å². The van der Waals surface area contributed by atoms with E-state index >= 15 is 0 Å². The maximum Gasteiger partial charge on any atom is 0.387 e. The van der Waals surface area contributed by atoms with Gasteiger partial charge in [-0.1, -0.05) is 36.4 Å². The Morgan fingerprint density at radius 2 is 1.97 bits per heavy atom. The number of methoxy groups -OCH3 is 1. The molecule has 1 aliphatic heterocycles. The van der Waals surface area contributed by atoms with Crippen LogP contribution in [0.3, 0.4) is 0 Å². The summed E-state index contributed by atoms with van der Waals surface area (Å²) in [5, 5.41) is 3.03. The van der Waals surface area contributed by atoms with Crippen molar-refractivity contribution < 1.29 is 23.0 Å². The third-order valence-electron chi connectivity index (χ3n) is 5.23. The molecule has 1 heterocycles. The third-order valence-corrected chi connectivity index (χ3v) is 5.23. The fraction of sp³-hybridized carbons (Fsp3) is 0.348. The van der Waals surface area contributed by atoms with Crippen molar-refractivity contribution in [2.45, 2.75) is 32.0 Å². The van der Waals surface area contributed by atoms with E-state index in [0.29, 0.717) is 11.6 Å². The van der Waals surface area contributed by atoms with Gasteiger partial charge in [-0.05, 0) is 42.7 Å². The van der Waals surface area contributed by atoms with E-state index in [1.807, 2.05) is 18.2 Å². The van der Waals surface area contributed by atoms with Gasteiger partial charge >= 0.3 is 6.61 Å². The summed E-state index contributed by atoms with van der Waals surface area (Å²) >= 11 is 0. The van der Waals surface area contributed by atoms with Crippen molar-refractivity contribution in [1.82, 2.24) is 10.2 Å². The van der Waals surface area contributed by atoms with Crippen LogP contribution < -0.4 is 14.8 Å². The zero-order valence-corrected chi connectivity index (χ0v) is 17.1. The summed E-state index contributed by atoms with van der Waals surface area (Å²) in [6, 6.07) is 15.2. The highest BCUT2D eigenvalue weighted by Gasteiger charge is 2.27. The van der Waals surface area contributed by atoms with Crippen LogP contribution in [0.5, 0.6) is 11.5 Å². The summed E-state index contributed by atoms with van der Waals surface area (Å²) in [5.41, 5.74) is 1.91. The summed E-state index contributed by atoms with van der Waals surface area (Å²) in [5.74, 6) is -0.0621. The van der Waals surface area contributed by atoms with E-state index < -0.39 is 6.61 Å². The second kappa shape index (κ2) is 10.2. The Kier molecular flexibility index (Phi) is 7.41. The number of hydrogen-bond donors (Lipinski definition) is 1. The van der Waals surface area contributed by atoms with E-state index in [1.54, 1.807) is 18.2 Å². The fourth-order valence-electron chi connectivity index (χ4n) is 3.60. The van der Waals surface area contributed by atoms with Crippen molar-refractivity contribution in [3.63, 3.8) is 0 Å². The summed E-state index contributed by atoms with van der Waals surface area (Å²) in [4.78, 5) is 14.7. The molecule has 0 spiro atoms. The van der Waals surface area contributed by atoms with Crippen LogP contribution in [0.4, 0.5) is 8.78 Å². The fourth-order valence-corrected chi connectivity index (χ4v) is 3.60. The van der Waals surface area contributed by atoms with Gasteiger partial charge in [-0.2, -0.15) is 8.78 Å². The molecule has 1 fully saturated rings. The molecule has 2 atom stereocenters. The van der Waals surface area contributed by atoms with Crippen molar-refractivity contribution in [1.29, 1.82) is 0 Å². The lowest BCUT2D eigenvalue weighted by Gasteiger charge is -2.24. The van der Waals surface area contributed by atoms with Crippen LogP contribution in [0.2, 0.25) is 0 Å². The molecule has 3 rings (SSSR count). The van der Waals surface area contributed by atoms with Gasteiger partial charge in [0.2, 0.25) is 5.91 Å². The van der Waals surface area contributed by atoms with Crippen LogP contribution >= 0.6 is 0 Å². The number of alkyl halides is 2. The first-order valence-corrected chi connectivity index (χ1v) is 9.86. The molecule has 0 aromatic heterocycles. The predicted octanol–water partition coefficient (Wildman–Crippen LogP) is 4.26. The summed E-state index contributed by atoms with van der Waals surface area (Å²) in [6.07, 6.45) is 3.94. The van der Waals surface area contributed by atoms with Gasteiger partial charge in [0.1, 0.15) is 0 Å². The minimum absolute atomic E-state index is 0.0484. The first-order valence-electron chi connectivity index (χ1n) is 9.86. The van der Waals surface area contributed by atoms with Gasteiger partial charge in [0.25, 0.3) is 0 Å². The van der Waals surface area contributed by atoms with Crippen molar-refractivity contribution in [3.8, 4) is 11.5 Å². The van der Waals surface area contributed by atoms with E-state index in [4.69, 9.17) is 4.74 Å². The van der Waals surface area contributed by atoms with E-state index in [9.17, 15) is 13.6 Å². The first kappa shape index (κ1) is 21.8. The smallest absolute Gasteiger partial charge is 0.387 e. The van der Waals surface area contributed by atoms with E-state index in [0.717, 1.165) is 19.5 Å². The SMILES string of the molecule is COc1cc(/C=C/C(=O)NC2CCN(C(C)c3ccccc3)C2)ccc1OC(F)F. The molecule has 30 heavy (non-hydrogen) atoms. The van der Waals surface area contributed by atoms with E-state index in [1.165, 1.54) is 24.8 Å². The maximum atomic E-state index is 12.4. The highest BCUT2D eigenvalue weighted by atomic mass is 19.3. The molecule has 1 amide bonds. The molecule has 0 bridgehead atoms. The van der Waals surface area contributed by atoms with E-state index in [2.05, 4.69) is 34.0 Å². The Labute approximate surface area is 175 Å². The average molecular weight is 416 g/mol.